The lowest BCUT2D eigenvalue weighted by atomic mass is 10.1. The number of benzene rings is 1. The van der Waals surface area contributed by atoms with Crippen LogP contribution in [0.2, 0.25) is 0 Å². The van der Waals surface area contributed by atoms with Crippen molar-refractivity contribution in [3.05, 3.63) is 35.6 Å². The summed E-state index contributed by atoms with van der Waals surface area (Å²) >= 11 is 0. The molecule has 0 aliphatic heterocycles. The van der Waals surface area contributed by atoms with E-state index in [1.54, 1.807) is 0 Å². The summed E-state index contributed by atoms with van der Waals surface area (Å²) in [6.45, 7) is 1.12. The van der Waals surface area contributed by atoms with Crippen LogP contribution in [0, 0.1) is 5.82 Å². The fourth-order valence-corrected chi connectivity index (χ4v) is 1.63. The van der Waals surface area contributed by atoms with Crippen LogP contribution >= 0.6 is 0 Å². The lowest BCUT2D eigenvalue weighted by molar-refractivity contribution is -0.0569. The molecule has 0 aromatic heterocycles. The maximum Gasteiger partial charge on any atom is 0.523 e. The van der Waals surface area contributed by atoms with Crippen molar-refractivity contribution in [2.75, 3.05) is 0 Å². The van der Waals surface area contributed by atoms with E-state index in [0.29, 0.717) is 0 Å². The second kappa shape index (κ2) is 4.61. The largest absolute Gasteiger partial charge is 0.523 e. The van der Waals surface area contributed by atoms with Gasteiger partial charge in [0.1, 0.15) is 5.82 Å². The molecule has 0 N–H and O–H groups in total. The highest BCUT2D eigenvalue weighted by molar-refractivity contribution is 7.87. The van der Waals surface area contributed by atoms with Gasteiger partial charge in [-0.1, -0.05) is 12.1 Å². The van der Waals surface area contributed by atoms with Crippen LogP contribution in [0.3, 0.4) is 0 Å². The topological polar surface area (TPSA) is 43.4 Å². The minimum atomic E-state index is -5.65. The van der Waals surface area contributed by atoms with Crippen molar-refractivity contribution in [3.8, 4) is 0 Å². The molecule has 0 radical (unpaired) electrons. The predicted octanol–water partition coefficient (Wildman–Crippen LogP) is 2.75. The monoisotopic (exact) mass is 272 g/mol. The number of rotatable bonds is 3. The summed E-state index contributed by atoms with van der Waals surface area (Å²) in [5.41, 5.74) is -5.35. The van der Waals surface area contributed by atoms with Gasteiger partial charge in [0.25, 0.3) is 0 Å². The van der Waals surface area contributed by atoms with E-state index in [4.69, 9.17) is 0 Å². The Hall–Kier alpha value is -1.15. The lowest BCUT2D eigenvalue weighted by Crippen LogP contribution is -2.26. The molecule has 1 aromatic carbocycles. The van der Waals surface area contributed by atoms with Crippen LogP contribution in [0.1, 0.15) is 18.6 Å². The van der Waals surface area contributed by atoms with Crippen molar-refractivity contribution in [1.29, 1.82) is 0 Å². The molecule has 0 saturated heterocycles. The summed E-state index contributed by atoms with van der Waals surface area (Å²) in [7, 11) is -5.65. The first-order chi connectivity index (χ1) is 7.63. The summed E-state index contributed by atoms with van der Waals surface area (Å²) in [5, 5.41) is 0. The number of alkyl halides is 3. The minimum Gasteiger partial charge on any atom is -0.255 e. The number of hydrogen-bond acceptors (Lipinski definition) is 3. The molecule has 17 heavy (non-hydrogen) atoms. The predicted molar refractivity (Wildman–Crippen MR) is 50.9 cm³/mol. The molecule has 0 aliphatic carbocycles. The quantitative estimate of drug-likeness (QED) is 0.483. The van der Waals surface area contributed by atoms with Gasteiger partial charge >= 0.3 is 15.6 Å². The van der Waals surface area contributed by atoms with E-state index < -0.39 is 27.5 Å². The summed E-state index contributed by atoms with van der Waals surface area (Å²) in [6, 6.07) is 4.28. The van der Waals surface area contributed by atoms with Gasteiger partial charge in [-0.3, -0.25) is 4.18 Å². The van der Waals surface area contributed by atoms with Gasteiger partial charge in [0.15, 0.2) is 0 Å². The van der Waals surface area contributed by atoms with Crippen LogP contribution in [0.15, 0.2) is 24.3 Å². The molecule has 0 saturated carbocycles. The highest BCUT2D eigenvalue weighted by atomic mass is 32.2. The van der Waals surface area contributed by atoms with E-state index in [9.17, 15) is 26.0 Å². The van der Waals surface area contributed by atoms with E-state index in [2.05, 4.69) is 4.18 Å². The second-order valence-electron chi connectivity index (χ2n) is 3.19. The minimum absolute atomic E-state index is 0.124. The van der Waals surface area contributed by atoms with Crippen LogP contribution < -0.4 is 0 Å². The van der Waals surface area contributed by atoms with Crippen LogP contribution in [-0.4, -0.2) is 13.9 Å². The molecule has 0 fully saturated rings. The Balaban J connectivity index is 2.87. The van der Waals surface area contributed by atoms with Gasteiger partial charge in [-0.25, -0.2) is 4.39 Å². The SMILES string of the molecule is C[C@@H](OS(=O)(=O)C(F)(F)F)c1ccc(F)cc1. The van der Waals surface area contributed by atoms with E-state index in [1.165, 1.54) is 0 Å². The Morgan fingerprint density at radius 3 is 2.06 bits per heavy atom. The van der Waals surface area contributed by atoms with Crippen molar-refractivity contribution in [2.24, 2.45) is 0 Å². The molecule has 0 heterocycles. The Morgan fingerprint density at radius 1 is 1.18 bits per heavy atom. The van der Waals surface area contributed by atoms with Crippen LogP contribution in [0.5, 0.6) is 0 Å². The smallest absolute Gasteiger partial charge is 0.255 e. The van der Waals surface area contributed by atoms with E-state index in [1.807, 2.05) is 0 Å². The van der Waals surface area contributed by atoms with Crippen LogP contribution in [0.25, 0.3) is 0 Å². The van der Waals surface area contributed by atoms with Crippen LogP contribution in [0.4, 0.5) is 17.6 Å². The van der Waals surface area contributed by atoms with E-state index in [-0.39, 0.29) is 5.56 Å². The molecule has 0 amide bonds. The summed E-state index contributed by atoms with van der Waals surface area (Å²) in [6.07, 6.45) is -1.35. The van der Waals surface area contributed by atoms with Gasteiger partial charge in [-0.15, -0.1) is 0 Å². The van der Waals surface area contributed by atoms with Crippen molar-refractivity contribution < 1.29 is 30.2 Å². The Morgan fingerprint density at radius 2 is 1.65 bits per heavy atom. The maximum absolute atomic E-state index is 12.5. The van der Waals surface area contributed by atoms with Gasteiger partial charge in [-0.2, -0.15) is 21.6 Å². The van der Waals surface area contributed by atoms with Gasteiger partial charge < -0.3 is 0 Å². The molecule has 1 rings (SSSR count). The zero-order valence-electron chi connectivity index (χ0n) is 8.53. The fourth-order valence-electron chi connectivity index (χ4n) is 1.03. The summed E-state index contributed by atoms with van der Waals surface area (Å²) < 4.78 is 73.9. The van der Waals surface area contributed by atoms with Gasteiger partial charge in [0.2, 0.25) is 0 Å². The molecule has 1 atom stereocenters. The molecule has 0 unspecified atom stereocenters. The van der Waals surface area contributed by atoms with Gasteiger partial charge in [-0.05, 0) is 24.6 Å². The average Bonchev–Trinajstić information content (AvgIpc) is 2.16. The zero-order valence-corrected chi connectivity index (χ0v) is 9.35. The third kappa shape index (κ3) is 3.40. The highest BCUT2D eigenvalue weighted by Crippen LogP contribution is 2.29. The fraction of sp³-hybridized carbons (Fsp3) is 0.333. The number of hydrogen-bond donors (Lipinski definition) is 0. The van der Waals surface area contributed by atoms with Gasteiger partial charge in [0, 0.05) is 0 Å². The third-order valence-electron chi connectivity index (χ3n) is 1.89. The lowest BCUT2D eigenvalue weighted by Gasteiger charge is -2.14. The molecule has 1 aromatic rings. The molecule has 8 heteroatoms. The average molecular weight is 272 g/mol. The van der Waals surface area contributed by atoms with Crippen LogP contribution in [-0.2, 0) is 14.3 Å². The Bertz CT molecular complexity index is 478. The first-order valence-corrected chi connectivity index (χ1v) is 5.79. The second-order valence-corrected chi connectivity index (χ2v) is 4.75. The Labute approximate surface area is 95.1 Å². The molecular weight excluding hydrogens is 264 g/mol. The van der Waals surface area contributed by atoms with E-state index in [0.717, 1.165) is 31.2 Å². The molecular formula is C9H8F4O3S. The van der Waals surface area contributed by atoms with E-state index >= 15 is 0 Å². The zero-order chi connectivity index (χ0) is 13.3. The normalized spacial score (nSPS) is 14.6. The third-order valence-corrected chi connectivity index (χ3v) is 3.00. The van der Waals surface area contributed by atoms with Crippen molar-refractivity contribution in [1.82, 2.24) is 0 Å². The molecule has 0 bridgehead atoms. The maximum atomic E-state index is 12.5. The summed E-state index contributed by atoms with van der Waals surface area (Å²) in [5.74, 6) is -0.584. The Kier molecular flexibility index (Phi) is 3.78. The molecule has 3 nitrogen and oxygen atoms in total. The first kappa shape index (κ1) is 13.9. The standard InChI is InChI=1S/C9H8F4O3S/c1-6(7-2-4-8(10)5-3-7)16-17(14,15)9(11,12)13/h2-6H,1H3/t6-/m1/s1. The first-order valence-electron chi connectivity index (χ1n) is 4.38. The molecule has 96 valence electrons. The number of halogens is 4. The van der Waals surface area contributed by atoms with Crippen molar-refractivity contribution in [3.63, 3.8) is 0 Å². The van der Waals surface area contributed by atoms with Gasteiger partial charge in [0.05, 0.1) is 6.10 Å². The molecule has 0 spiro atoms. The summed E-state index contributed by atoms with van der Waals surface area (Å²) in [4.78, 5) is 0. The van der Waals surface area contributed by atoms with Crippen molar-refractivity contribution in [2.45, 2.75) is 18.5 Å². The molecule has 0 aliphatic rings. The van der Waals surface area contributed by atoms with Crippen molar-refractivity contribution >= 4 is 10.1 Å². The highest BCUT2D eigenvalue weighted by Gasteiger charge is 2.48.